The highest BCUT2D eigenvalue weighted by Crippen LogP contribution is 2.21. The third-order valence-electron chi connectivity index (χ3n) is 3.55. The molecule has 1 N–H and O–H groups in total. The number of nitro groups is 1. The Morgan fingerprint density at radius 2 is 2.00 bits per heavy atom. The van der Waals surface area contributed by atoms with Gasteiger partial charge in [0.15, 0.2) is 6.61 Å². The monoisotopic (exact) mass is 365 g/mol. The number of carbonyl (C=O) groups excluding carboxylic acids is 2. The van der Waals surface area contributed by atoms with Crippen molar-refractivity contribution >= 4 is 29.3 Å². The standard InChI is InChI=1S/C16H19N3O5S/c1-11(2)16(3,10-17)18-14(20)8-24-15(21)9-25-13-6-4-12(5-7-13)19(22)23/h4-7,11H,8-9H2,1-3H3,(H,18,20)/t16-/m0/s1. The van der Waals surface area contributed by atoms with Crippen molar-refractivity contribution in [1.82, 2.24) is 5.32 Å². The second-order valence-corrected chi connectivity index (χ2v) is 6.77. The van der Waals surface area contributed by atoms with Crippen molar-refractivity contribution in [3.05, 3.63) is 34.4 Å². The highest BCUT2D eigenvalue weighted by atomic mass is 32.2. The van der Waals surface area contributed by atoms with E-state index in [1.165, 1.54) is 24.3 Å². The smallest absolute Gasteiger partial charge is 0.316 e. The molecule has 0 radical (unpaired) electrons. The molecule has 1 rings (SSSR count). The summed E-state index contributed by atoms with van der Waals surface area (Å²) in [7, 11) is 0. The van der Waals surface area contributed by atoms with Gasteiger partial charge in [0, 0.05) is 17.0 Å². The number of hydrogen-bond acceptors (Lipinski definition) is 7. The van der Waals surface area contributed by atoms with Gasteiger partial charge in [-0.2, -0.15) is 5.26 Å². The molecule has 1 aromatic rings. The van der Waals surface area contributed by atoms with Crippen LogP contribution in [-0.4, -0.2) is 34.7 Å². The fourth-order valence-electron chi connectivity index (χ4n) is 1.62. The molecule has 0 aromatic heterocycles. The lowest BCUT2D eigenvalue weighted by atomic mass is 9.90. The third kappa shape index (κ3) is 6.43. The molecule has 0 aliphatic heterocycles. The molecule has 0 aliphatic carbocycles. The maximum atomic E-state index is 11.8. The van der Waals surface area contributed by atoms with E-state index in [1.54, 1.807) is 20.8 Å². The Hall–Kier alpha value is -2.60. The predicted octanol–water partition coefficient (Wildman–Crippen LogP) is 2.28. The first-order chi connectivity index (χ1) is 11.7. The normalized spacial score (nSPS) is 12.8. The Bertz CT molecular complexity index is 684. The number of ether oxygens (including phenoxy) is 1. The van der Waals surface area contributed by atoms with Gasteiger partial charge in [-0.25, -0.2) is 0 Å². The predicted molar refractivity (Wildman–Crippen MR) is 91.8 cm³/mol. The fraction of sp³-hybridized carbons (Fsp3) is 0.438. The minimum Gasteiger partial charge on any atom is -0.455 e. The average Bonchev–Trinajstić information content (AvgIpc) is 2.58. The maximum absolute atomic E-state index is 11.8. The number of benzene rings is 1. The van der Waals surface area contributed by atoms with E-state index < -0.39 is 28.9 Å². The van der Waals surface area contributed by atoms with E-state index in [9.17, 15) is 19.7 Å². The Morgan fingerprint density at radius 1 is 1.40 bits per heavy atom. The van der Waals surface area contributed by atoms with Gasteiger partial charge in [0.1, 0.15) is 5.54 Å². The van der Waals surface area contributed by atoms with E-state index in [0.717, 1.165) is 11.8 Å². The summed E-state index contributed by atoms with van der Waals surface area (Å²) in [5.74, 6) is -1.28. The average molecular weight is 365 g/mol. The number of hydrogen-bond donors (Lipinski definition) is 1. The molecule has 25 heavy (non-hydrogen) atoms. The van der Waals surface area contributed by atoms with Gasteiger partial charge < -0.3 is 10.1 Å². The summed E-state index contributed by atoms with van der Waals surface area (Å²) in [4.78, 5) is 34.2. The van der Waals surface area contributed by atoms with Crippen LogP contribution < -0.4 is 5.32 Å². The summed E-state index contributed by atoms with van der Waals surface area (Å²) in [5.41, 5.74) is -1.06. The lowest BCUT2D eigenvalue weighted by molar-refractivity contribution is -0.384. The number of non-ortho nitro benzene ring substituents is 1. The maximum Gasteiger partial charge on any atom is 0.316 e. The van der Waals surface area contributed by atoms with Crippen LogP contribution in [0.3, 0.4) is 0 Å². The van der Waals surface area contributed by atoms with Crippen LogP contribution in [-0.2, 0) is 14.3 Å². The van der Waals surface area contributed by atoms with E-state index in [2.05, 4.69) is 5.32 Å². The molecule has 0 bridgehead atoms. The molecule has 0 heterocycles. The van der Waals surface area contributed by atoms with Gasteiger partial charge in [0.25, 0.3) is 11.6 Å². The van der Waals surface area contributed by atoms with Crippen LogP contribution >= 0.6 is 11.8 Å². The van der Waals surface area contributed by atoms with E-state index in [1.807, 2.05) is 6.07 Å². The topological polar surface area (TPSA) is 122 Å². The molecule has 134 valence electrons. The van der Waals surface area contributed by atoms with Crippen molar-refractivity contribution in [1.29, 1.82) is 5.26 Å². The van der Waals surface area contributed by atoms with Crippen LogP contribution in [0.15, 0.2) is 29.2 Å². The minimum absolute atomic E-state index is 0.0331. The van der Waals surface area contributed by atoms with Crippen molar-refractivity contribution < 1.29 is 19.2 Å². The van der Waals surface area contributed by atoms with Crippen molar-refractivity contribution in [2.75, 3.05) is 12.4 Å². The lowest BCUT2D eigenvalue weighted by Crippen LogP contribution is -2.50. The summed E-state index contributed by atoms with van der Waals surface area (Å²) in [6, 6.07) is 7.78. The Balaban J connectivity index is 2.41. The number of rotatable bonds is 8. The van der Waals surface area contributed by atoms with Gasteiger partial charge in [0.05, 0.1) is 16.7 Å². The van der Waals surface area contributed by atoms with Crippen molar-refractivity contribution in [2.24, 2.45) is 5.92 Å². The highest BCUT2D eigenvalue weighted by Gasteiger charge is 2.30. The zero-order valence-electron chi connectivity index (χ0n) is 14.1. The Morgan fingerprint density at radius 3 is 2.48 bits per heavy atom. The number of amides is 1. The van der Waals surface area contributed by atoms with E-state index >= 15 is 0 Å². The number of nitrogens with zero attached hydrogens (tertiary/aromatic N) is 2. The summed E-state index contributed by atoms with van der Waals surface area (Å²) in [5, 5.41) is 22.2. The molecule has 9 heteroatoms. The van der Waals surface area contributed by atoms with Crippen molar-refractivity contribution in [3.8, 4) is 6.07 Å². The first-order valence-electron chi connectivity index (χ1n) is 7.43. The quantitative estimate of drug-likeness (QED) is 0.324. The van der Waals surface area contributed by atoms with Crippen LogP contribution in [0.4, 0.5) is 5.69 Å². The number of esters is 1. The number of thioether (sulfide) groups is 1. The molecule has 0 unspecified atom stereocenters. The molecule has 0 spiro atoms. The zero-order valence-corrected chi connectivity index (χ0v) is 15.0. The molecule has 0 saturated heterocycles. The number of carbonyl (C=O) groups is 2. The Labute approximate surface area is 149 Å². The van der Waals surface area contributed by atoms with Crippen LogP contribution in [0.2, 0.25) is 0 Å². The van der Waals surface area contributed by atoms with Gasteiger partial charge in [-0.05, 0) is 25.0 Å². The molecule has 0 fully saturated rings. The van der Waals surface area contributed by atoms with Crippen LogP contribution in [0.1, 0.15) is 20.8 Å². The lowest BCUT2D eigenvalue weighted by Gasteiger charge is -2.27. The number of nitrogens with one attached hydrogen (secondary N) is 1. The van der Waals surface area contributed by atoms with Gasteiger partial charge in [-0.1, -0.05) is 13.8 Å². The van der Waals surface area contributed by atoms with Gasteiger partial charge in [-0.15, -0.1) is 11.8 Å². The summed E-state index contributed by atoms with van der Waals surface area (Å²) >= 11 is 1.14. The van der Waals surface area contributed by atoms with Crippen LogP contribution in [0, 0.1) is 27.4 Å². The third-order valence-corrected chi connectivity index (χ3v) is 4.54. The van der Waals surface area contributed by atoms with E-state index in [4.69, 9.17) is 10.00 Å². The van der Waals surface area contributed by atoms with Gasteiger partial charge >= 0.3 is 5.97 Å². The minimum atomic E-state index is -1.03. The number of nitriles is 1. The summed E-state index contributed by atoms with van der Waals surface area (Å²) in [6.07, 6.45) is 0. The molecule has 1 aromatic carbocycles. The summed E-state index contributed by atoms with van der Waals surface area (Å²) < 4.78 is 4.87. The molecular weight excluding hydrogens is 346 g/mol. The zero-order chi connectivity index (χ0) is 19.0. The first-order valence-corrected chi connectivity index (χ1v) is 8.41. The molecule has 1 amide bonds. The second kappa shape index (κ2) is 9.03. The van der Waals surface area contributed by atoms with Crippen molar-refractivity contribution in [3.63, 3.8) is 0 Å². The largest absolute Gasteiger partial charge is 0.455 e. The molecule has 8 nitrogen and oxygen atoms in total. The van der Waals surface area contributed by atoms with Gasteiger partial charge in [0.2, 0.25) is 0 Å². The van der Waals surface area contributed by atoms with Gasteiger partial charge in [-0.3, -0.25) is 19.7 Å². The van der Waals surface area contributed by atoms with E-state index in [0.29, 0.717) is 4.90 Å². The second-order valence-electron chi connectivity index (χ2n) is 5.72. The Kier molecular flexibility index (Phi) is 7.39. The van der Waals surface area contributed by atoms with Crippen LogP contribution in [0.5, 0.6) is 0 Å². The first kappa shape index (κ1) is 20.4. The van der Waals surface area contributed by atoms with Crippen LogP contribution in [0.25, 0.3) is 0 Å². The van der Waals surface area contributed by atoms with Crippen molar-refractivity contribution in [2.45, 2.75) is 31.2 Å². The molecular formula is C16H19N3O5S. The van der Waals surface area contributed by atoms with E-state index in [-0.39, 0.29) is 17.4 Å². The molecule has 1 atom stereocenters. The highest BCUT2D eigenvalue weighted by molar-refractivity contribution is 8.00. The fourth-order valence-corrected chi connectivity index (χ4v) is 2.32. The summed E-state index contributed by atoms with van der Waals surface area (Å²) in [6.45, 7) is 4.73. The SMILES string of the molecule is CC(C)[C@](C)(C#N)NC(=O)COC(=O)CSc1ccc([N+](=O)[O-])cc1. The molecule has 0 saturated carbocycles. The number of nitro benzene ring substituents is 1. The molecule has 0 aliphatic rings.